The van der Waals surface area contributed by atoms with E-state index in [1.165, 1.54) is 24.8 Å². The lowest BCUT2D eigenvalue weighted by Crippen LogP contribution is -2.45. The van der Waals surface area contributed by atoms with Crippen molar-refractivity contribution in [2.75, 3.05) is 13.6 Å². The zero-order chi connectivity index (χ0) is 15.1. The molecule has 1 fully saturated rings. The van der Waals surface area contributed by atoms with Crippen molar-refractivity contribution >= 4 is 5.91 Å². The van der Waals surface area contributed by atoms with Crippen LogP contribution in [0.2, 0.25) is 0 Å². The SMILES string of the molecule is CNCC(C)C(=O)N(Cc1ccccc1)C1CCCCC1. The molecule has 1 amide bonds. The van der Waals surface area contributed by atoms with Gasteiger partial charge in [0.2, 0.25) is 5.91 Å². The summed E-state index contributed by atoms with van der Waals surface area (Å²) in [6.45, 7) is 3.52. The summed E-state index contributed by atoms with van der Waals surface area (Å²) in [6.07, 6.45) is 6.14. The maximum absolute atomic E-state index is 12.8. The van der Waals surface area contributed by atoms with Crippen LogP contribution in [0.25, 0.3) is 0 Å². The molecular weight excluding hydrogens is 260 g/mol. The minimum absolute atomic E-state index is 0.0423. The topological polar surface area (TPSA) is 32.3 Å². The predicted molar refractivity (Wildman–Crippen MR) is 87.0 cm³/mol. The van der Waals surface area contributed by atoms with Crippen LogP contribution in [0, 0.1) is 5.92 Å². The fourth-order valence-corrected chi connectivity index (χ4v) is 3.24. The van der Waals surface area contributed by atoms with Gasteiger partial charge in [0.1, 0.15) is 0 Å². The molecule has 1 atom stereocenters. The molecule has 1 saturated carbocycles. The molecule has 0 saturated heterocycles. The van der Waals surface area contributed by atoms with Crippen molar-refractivity contribution in [3.63, 3.8) is 0 Å². The molecule has 3 heteroatoms. The van der Waals surface area contributed by atoms with Crippen molar-refractivity contribution in [3.05, 3.63) is 35.9 Å². The molecule has 1 unspecified atom stereocenters. The molecule has 0 bridgehead atoms. The molecule has 1 aromatic carbocycles. The van der Waals surface area contributed by atoms with E-state index in [0.717, 1.165) is 25.9 Å². The lowest BCUT2D eigenvalue weighted by molar-refractivity contribution is -0.138. The van der Waals surface area contributed by atoms with Gasteiger partial charge < -0.3 is 10.2 Å². The predicted octanol–water partition coefficient (Wildman–Crippen LogP) is 3.20. The summed E-state index contributed by atoms with van der Waals surface area (Å²) in [7, 11) is 1.91. The van der Waals surface area contributed by atoms with Gasteiger partial charge in [-0.3, -0.25) is 4.79 Å². The monoisotopic (exact) mass is 288 g/mol. The average molecular weight is 288 g/mol. The van der Waals surface area contributed by atoms with Crippen LogP contribution in [0.15, 0.2) is 30.3 Å². The molecule has 1 aliphatic carbocycles. The quantitative estimate of drug-likeness (QED) is 0.872. The van der Waals surface area contributed by atoms with E-state index < -0.39 is 0 Å². The Morgan fingerprint density at radius 2 is 1.90 bits per heavy atom. The second-order valence-corrected chi connectivity index (χ2v) is 6.20. The van der Waals surface area contributed by atoms with E-state index >= 15 is 0 Å². The summed E-state index contributed by atoms with van der Waals surface area (Å²) in [4.78, 5) is 15.0. The van der Waals surface area contributed by atoms with Crippen LogP contribution >= 0.6 is 0 Å². The maximum atomic E-state index is 12.8. The highest BCUT2D eigenvalue weighted by Crippen LogP contribution is 2.25. The van der Waals surface area contributed by atoms with Crippen molar-refractivity contribution in [2.45, 2.75) is 51.6 Å². The lowest BCUT2D eigenvalue weighted by Gasteiger charge is -2.36. The van der Waals surface area contributed by atoms with Crippen molar-refractivity contribution in [3.8, 4) is 0 Å². The van der Waals surface area contributed by atoms with E-state index in [1.54, 1.807) is 0 Å². The van der Waals surface area contributed by atoms with E-state index in [2.05, 4.69) is 34.5 Å². The summed E-state index contributed by atoms with van der Waals surface area (Å²) in [5.74, 6) is 0.334. The van der Waals surface area contributed by atoms with Crippen LogP contribution in [0.3, 0.4) is 0 Å². The molecule has 2 rings (SSSR count). The molecule has 1 N–H and O–H groups in total. The molecule has 0 aliphatic heterocycles. The Bertz CT molecular complexity index is 426. The standard InChI is InChI=1S/C18H28N2O/c1-15(13-19-2)18(21)20(17-11-7-4-8-12-17)14-16-9-5-3-6-10-16/h3,5-6,9-10,15,17,19H,4,7-8,11-14H2,1-2H3. The molecule has 0 spiro atoms. The van der Waals surface area contributed by atoms with Crippen molar-refractivity contribution in [1.29, 1.82) is 0 Å². The van der Waals surface area contributed by atoms with Crippen molar-refractivity contribution < 1.29 is 4.79 Å². The lowest BCUT2D eigenvalue weighted by atomic mass is 9.93. The third kappa shape index (κ3) is 4.57. The largest absolute Gasteiger partial charge is 0.335 e. The number of hydrogen-bond donors (Lipinski definition) is 1. The zero-order valence-electron chi connectivity index (χ0n) is 13.3. The van der Waals surface area contributed by atoms with Crippen molar-refractivity contribution in [1.82, 2.24) is 10.2 Å². The number of carbonyl (C=O) groups excluding carboxylic acids is 1. The minimum atomic E-state index is 0.0423. The molecule has 3 nitrogen and oxygen atoms in total. The van der Waals surface area contributed by atoms with Crippen molar-refractivity contribution in [2.24, 2.45) is 5.92 Å². The first kappa shape index (κ1) is 16.0. The first-order valence-electron chi connectivity index (χ1n) is 8.21. The Kier molecular flexibility index (Phi) is 6.24. The van der Waals surface area contributed by atoms with E-state index in [9.17, 15) is 4.79 Å². The fourth-order valence-electron chi connectivity index (χ4n) is 3.24. The zero-order valence-corrected chi connectivity index (χ0v) is 13.3. The van der Waals surface area contributed by atoms with Gasteiger partial charge in [-0.25, -0.2) is 0 Å². The number of nitrogens with zero attached hydrogens (tertiary/aromatic N) is 1. The smallest absolute Gasteiger partial charge is 0.227 e. The normalized spacial score (nSPS) is 17.4. The Balaban J connectivity index is 2.11. The van der Waals surface area contributed by atoms with Crippen LogP contribution in [0.5, 0.6) is 0 Å². The Morgan fingerprint density at radius 1 is 1.24 bits per heavy atom. The summed E-state index contributed by atoms with van der Waals surface area (Å²) in [5.41, 5.74) is 1.23. The third-order valence-corrected chi connectivity index (χ3v) is 4.43. The first-order chi connectivity index (χ1) is 10.2. The summed E-state index contributed by atoms with van der Waals surface area (Å²) in [5, 5.41) is 3.12. The van der Waals surface area contributed by atoms with Crippen LogP contribution in [-0.2, 0) is 11.3 Å². The Morgan fingerprint density at radius 3 is 2.52 bits per heavy atom. The van der Waals surface area contributed by atoms with Gasteiger partial charge in [-0.05, 0) is 25.5 Å². The molecular formula is C18H28N2O. The maximum Gasteiger partial charge on any atom is 0.227 e. The number of nitrogens with one attached hydrogen (secondary N) is 1. The molecule has 0 radical (unpaired) electrons. The number of hydrogen-bond acceptors (Lipinski definition) is 2. The number of carbonyl (C=O) groups is 1. The van der Waals surface area contributed by atoms with E-state index in [0.29, 0.717) is 11.9 Å². The van der Waals surface area contributed by atoms with E-state index in [4.69, 9.17) is 0 Å². The number of benzene rings is 1. The first-order valence-corrected chi connectivity index (χ1v) is 8.21. The van der Waals surface area contributed by atoms with Crippen LogP contribution in [0.1, 0.15) is 44.6 Å². The van der Waals surface area contributed by atoms with Gasteiger partial charge in [-0.1, -0.05) is 56.5 Å². The van der Waals surface area contributed by atoms with E-state index in [-0.39, 0.29) is 5.92 Å². The fraction of sp³-hybridized carbons (Fsp3) is 0.611. The number of amides is 1. The molecule has 1 aromatic rings. The Labute approximate surface area is 128 Å². The molecule has 21 heavy (non-hydrogen) atoms. The molecule has 0 heterocycles. The highest BCUT2D eigenvalue weighted by Gasteiger charge is 2.28. The van der Waals surface area contributed by atoms with Gasteiger partial charge in [0.05, 0.1) is 0 Å². The highest BCUT2D eigenvalue weighted by molar-refractivity contribution is 5.79. The molecule has 1 aliphatic rings. The van der Waals surface area contributed by atoms with Crippen LogP contribution in [0.4, 0.5) is 0 Å². The average Bonchev–Trinajstić information content (AvgIpc) is 2.54. The van der Waals surface area contributed by atoms with Crippen LogP contribution in [-0.4, -0.2) is 30.4 Å². The Hall–Kier alpha value is -1.35. The highest BCUT2D eigenvalue weighted by atomic mass is 16.2. The van der Waals surface area contributed by atoms with Gasteiger partial charge >= 0.3 is 0 Å². The van der Waals surface area contributed by atoms with E-state index in [1.807, 2.05) is 20.0 Å². The summed E-state index contributed by atoms with van der Waals surface area (Å²) in [6, 6.07) is 10.8. The van der Waals surface area contributed by atoms with Gasteiger partial charge in [-0.2, -0.15) is 0 Å². The second-order valence-electron chi connectivity index (χ2n) is 6.20. The van der Waals surface area contributed by atoms with Crippen LogP contribution < -0.4 is 5.32 Å². The summed E-state index contributed by atoms with van der Waals surface area (Å²) >= 11 is 0. The second kappa shape index (κ2) is 8.18. The number of rotatable bonds is 6. The third-order valence-electron chi connectivity index (χ3n) is 4.43. The van der Waals surface area contributed by atoms with Gasteiger partial charge in [0.25, 0.3) is 0 Å². The van der Waals surface area contributed by atoms with Gasteiger partial charge in [0.15, 0.2) is 0 Å². The van der Waals surface area contributed by atoms with Gasteiger partial charge in [-0.15, -0.1) is 0 Å². The minimum Gasteiger partial charge on any atom is -0.335 e. The summed E-state index contributed by atoms with van der Waals surface area (Å²) < 4.78 is 0. The molecule has 116 valence electrons. The molecule has 0 aromatic heterocycles. The van der Waals surface area contributed by atoms with Gasteiger partial charge in [0, 0.05) is 25.0 Å².